The van der Waals surface area contributed by atoms with E-state index in [4.69, 9.17) is 5.73 Å². The number of nitrogens with one attached hydrogen (secondary N) is 4. The Morgan fingerprint density at radius 3 is 2.42 bits per heavy atom. The molecule has 0 bridgehead atoms. The van der Waals surface area contributed by atoms with Gasteiger partial charge in [0, 0.05) is 29.0 Å². The van der Waals surface area contributed by atoms with Crippen LogP contribution >= 0.6 is 0 Å². The number of tetrazole rings is 1. The minimum Gasteiger partial charge on any atom is -0.344 e. The Labute approximate surface area is 249 Å². The Morgan fingerprint density at radius 1 is 0.977 bits per heavy atom. The molecule has 6 N–H and O–H groups in total. The van der Waals surface area contributed by atoms with Crippen molar-refractivity contribution >= 4 is 28.4 Å². The lowest BCUT2D eigenvalue weighted by atomic mass is 9.81. The highest BCUT2D eigenvalue weighted by molar-refractivity contribution is 5.98. The van der Waals surface area contributed by atoms with Gasteiger partial charge in [-0.05, 0) is 103 Å². The molecule has 11 nitrogen and oxygen atoms in total. The molecule has 0 spiro atoms. The molecular formula is C32H35N9O2. The van der Waals surface area contributed by atoms with Gasteiger partial charge < -0.3 is 16.4 Å². The van der Waals surface area contributed by atoms with Crippen LogP contribution in [0, 0.1) is 18.8 Å². The van der Waals surface area contributed by atoms with E-state index in [-0.39, 0.29) is 17.7 Å². The first kappa shape index (κ1) is 28.2. The van der Waals surface area contributed by atoms with E-state index >= 15 is 0 Å². The number of carbonyl (C=O) groups excluding carboxylic acids is 2. The number of aryl methyl sites for hydroxylation is 1. The van der Waals surface area contributed by atoms with Crippen molar-refractivity contribution in [3.05, 3.63) is 78.0 Å². The molecule has 1 aliphatic carbocycles. The number of fused-ring (bicyclic) bond motifs is 1. The van der Waals surface area contributed by atoms with E-state index in [1.54, 1.807) is 12.1 Å². The van der Waals surface area contributed by atoms with Gasteiger partial charge >= 0.3 is 0 Å². The third-order valence-electron chi connectivity index (χ3n) is 8.45. The number of aromatic nitrogens is 6. The van der Waals surface area contributed by atoms with E-state index in [9.17, 15) is 9.59 Å². The SMILES string of the molecule is Cc1ccc2[nH]ncc2c1-c1ccc(C[C@H](NC(=O)C2CCC(CN)CC2)C(=O)Nc2ccc(-c3nn[nH]n3)cc2)cc1. The maximum Gasteiger partial charge on any atom is 0.247 e. The summed E-state index contributed by atoms with van der Waals surface area (Å²) in [5.74, 6) is 0.457. The number of nitrogens with zero attached hydrogens (tertiary/aromatic N) is 4. The van der Waals surface area contributed by atoms with E-state index in [2.05, 4.69) is 66.6 Å². The van der Waals surface area contributed by atoms with Crippen molar-refractivity contribution in [1.29, 1.82) is 0 Å². The first-order valence-corrected chi connectivity index (χ1v) is 14.7. The van der Waals surface area contributed by atoms with Crippen molar-refractivity contribution in [2.24, 2.45) is 17.6 Å². The summed E-state index contributed by atoms with van der Waals surface area (Å²) in [6, 6.07) is 18.7. The van der Waals surface area contributed by atoms with Crippen LogP contribution < -0.4 is 16.4 Å². The average Bonchev–Trinajstić information content (AvgIpc) is 3.75. The molecule has 0 saturated heterocycles. The standard InChI is InChI=1S/C32H35N9O2/c1-19-2-15-27-26(18-34-37-27)29(19)22-7-3-20(4-8-22)16-28(36-31(42)24-9-5-21(17-33)6-10-24)32(43)35-25-13-11-23(12-14-25)30-38-40-41-39-30/h2-4,7-8,11-15,18,21,24,28H,5-6,9-10,16-17,33H2,1H3,(H,34,37)(H,35,43)(H,36,42)(H,38,39,40,41)/t21?,24?,28-/m0/s1. The zero-order valence-electron chi connectivity index (χ0n) is 24.0. The van der Waals surface area contributed by atoms with Gasteiger partial charge in [0.15, 0.2) is 0 Å². The largest absolute Gasteiger partial charge is 0.344 e. The minimum absolute atomic E-state index is 0.0815. The molecular weight excluding hydrogens is 542 g/mol. The van der Waals surface area contributed by atoms with Crippen molar-refractivity contribution in [3.8, 4) is 22.5 Å². The summed E-state index contributed by atoms with van der Waals surface area (Å²) < 4.78 is 0. The molecule has 1 atom stereocenters. The summed E-state index contributed by atoms with van der Waals surface area (Å²) in [6.07, 6.45) is 5.63. The predicted octanol–water partition coefficient (Wildman–Crippen LogP) is 4.15. The van der Waals surface area contributed by atoms with E-state index in [0.29, 0.717) is 30.4 Å². The highest BCUT2D eigenvalue weighted by atomic mass is 16.2. The molecule has 5 aromatic rings. The molecule has 220 valence electrons. The van der Waals surface area contributed by atoms with Crippen LogP contribution in [0.15, 0.2) is 66.9 Å². The van der Waals surface area contributed by atoms with Crippen LogP contribution in [0.3, 0.4) is 0 Å². The fraction of sp³-hybridized carbons (Fsp3) is 0.312. The molecule has 0 aliphatic heterocycles. The second-order valence-electron chi connectivity index (χ2n) is 11.3. The summed E-state index contributed by atoms with van der Waals surface area (Å²) in [5, 5.41) is 28.4. The van der Waals surface area contributed by atoms with Gasteiger partial charge in [0.2, 0.25) is 17.6 Å². The zero-order chi connectivity index (χ0) is 29.8. The average molecular weight is 578 g/mol. The molecule has 2 aromatic heterocycles. The van der Waals surface area contributed by atoms with E-state index in [0.717, 1.165) is 64.4 Å². The molecule has 0 radical (unpaired) electrons. The van der Waals surface area contributed by atoms with Crippen molar-refractivity contribution in [3.63, 3.8) is 0 Å². The quantitative estimate of drug-likeness (QED) is 0.175. The fourth-order valence-corrected chi connectivity index (χ4v) is 5.93. The van der Waals surface area contributed by atoms with Crippen LogP contribution in [0.2, 0.25) is 0 Å². The monoisotopic (exact) mass is 577 g/mol. The molecule has 11 heteroatoms. The van der Waals surface area contributed by atoms with Crippen molar-refractivity contribution in [1.82, 2.24) is 36.1 Å². The number of anilines is 1. The third kappa shape index (κ3) is 6.31. The first-order valence-electron chi connectivity index (χ1n) is 14.7. The second kappa shape index (κ2) is 12.5. The van der Waals surface area contributed by atoms with Crippen molar-refractivity contribution in [2.45, 2.75) is 45.1 Å². The second-order valence-corrected chi connectivity index (χ2v) is 11.3. The highest BCUT2D eigenvalue weighted by Crippen LogP contribution is 2.32. The summed E-state index contributed by atoms with van der Waals surface area (Å²) in [6.45, 7) is 2.73. The van der Waals surface area contributed by atoms with Crippen LogP contribution in [-0.4, -0.2) is 55.2 Å². The maximum absolute atomic E-state index is 13.6. The van der Waals surface area contributed by atoms with Crippen LogP contribution in [0.25, 0.3) is 33.4 Å². The van der Waals surface area contributed by atoms with Crippen molar-refractivity contribution in [2.75, 3.05) is 11.9 Å². The summed E-state index contributed by atoms with van der Waals surface area (Å²) in [5.41, 5.74) is 12.5. The molecule has 2 heterocycles. The number of hydrogen-bond donors (Lipinski definition) is 5. The van der Waals surface area contributed by atoms with Crippen LogP contribution in [0.4, 0.5) is 5.69 Å². The molecule has 6 rings (SSSR count). The summed E-state index contributed by atoms with van der Waals surface area (Å²) in [7, 11) is 0. The Hall–Kier alpha value is -4.90. The number of H-pyrrole nitrogens is 2. The topological polar surface area (TPSA) is 167 Å². The van der Waals surface area contributed by atoms with Gasteiger partial charge in [-0.25, -0.2) is 0 Å². The Balaban J connectivity index is 1.20. The highest BCUT2D eigenvalue weighted by Gasteiger charge is 2.29. The Kier molecular flexibility index (Phi) is 8.23. The van der Waals surface area contributed by atoms with Gasteiger partial charge in [-0.2, -0.15) is 10.3 Å². The van der Waals surface area contributed by atoms with Crippen LogP contribution in [0.1, 0.15) is 36.8 Å². The lowest BCUT2D eigenvalue weighted by Gasteiger charge is -2.28. The smallest absolute Gasteiger partial charge is 0.247 e. The summed E-state index contributed by atoms with van der Waals surface area (Å²) in [4.78, 5) is 27.0. The number of carbonyl (C=O) groups is 2. The molecule has 3 aromatic carbocycles. The lowest BCUT2D eigenvalue weighted by Crippen LogP contribution is -2.48. The maximum atomic E-state index is 13.6. The number of benzene rings is 3. The number of rotatable bonds is 9. The molecule has 2 amide bonds. The number of aromatic amines is 2. The zero-order valence-corrected chi connectivity index (χ0v) is 24.0. The fourth-order valence-electron chi connectivity index (χ4n) is 5.93. The van der Waals surface area contributed by atoms with Gasteiger partial charge in [0.25, 0.3) is 0 Å². The van der Waals surface area contributed by atoms with Gasteiger partial charge in [0.1, 0.15) is 6.04 Å². The van der Waals surface area contributed by atoms with E-state index in [1.807, 2.05) is 36.5 Å². The molecule has 43 heavy (non-hydrogen) atoms. The van der Waals surface area contributed by atoms with Crippen LogP contribution in [-0.2, 0) is 16.0 Å². The first-order chi connectivity index (χ1) is 21.0. The predicted molar refractivity (Wildman–Crippen MR) is 165 cm³/mol. The van der Waals surface area contributed by atoms with Gasteiger partial charge in [-0.3, -0.25) is 14.7 Å². The normalized spacial score (nSPS) is 17.4. The lowest BCUT2D eigenvalue weighted by molar-refractivity contribution is -0.130. The molecule has 0 unspecified atom stereocenters. The third-order valence-corrected chi connectivity index (χ3v) is 8.45. The van der Waals surface area contributed by atoms with Gasteiger partial charge in [0.05, 0.1) is 11.7 Å². The van der Waals surface area contributed by atoms with Gasteiger partial charge in [-0.1, -0.05) is 30.3 Å². The van der Waals surface area contributed by atoms with E-state index in [1.165, 1.54) is 0 Å². The Bertz CT molecular complexity index is 1690. The van der Waals surface area contributed by atoms with E-state index < -0.39 is 6.04 Å². The molecule has 1 saturated carbocycles. The molecule has 1 aliphatic rings. The molecule has 1 fully saturated rings. The number of nitrogens with two attached hydrogens (primary N) is 1. The Morgan fingerprint density at radius 2 is 1.72 bits per heavy atom. The number of hydrogen-bond acceptors (Lipinski definition) is 7. The minimum atomic E-state index is -0.749. The van der Waals surface area contributed by atoms with Gasteiger partial charge in [-0.15, -0.1) is 10.2 Å². The number of amides is 2. The summed E-state index contributed by atoms with van der Waals surface area (Å²) >= 11 is 0. The van der Waals surface area contributed by atoms with Crippen LogP contribution in [0.5, 0.6) is 0 Å². The van der Waals surface area contributed by atoms with Crippen molar-refractivity contribution < 1.29 is 9.59 Å².